The summed E-state index contributed by atoms with van der Waals surface area (Å²) in [6, 6.07) is 98.2. The van der Waals surface area contributed by atoms with Crippen molar-refractivity contribution >= 4 is 34.1 Å². The fourth-order valence-electron chi connectivity index (χ4n) is 10.5. The highest BCUT2D eigenvalue weighted by Gasteiger charge is 2.18. The highest BCUT2D eigenvalue weighted by Crippen LogP contribution is 2.41. The van der Waals surface area contributed by atoms with Crippen LogP contribution in [0.3, 0.4) is 0 Å². The Labute approximate surface area is 450 Å². The first-order valence-electron chi connectivity index (χ1n) is 27.0. The van der Waals surface area contributed by atoms with Crippen molar-refractivity contribution in [3.63, 3.8) is 0 Å². The van der Waals surface area contributed by atoms with Crippen LogP contribution in [0.2, 0.25) is 0 Å². The molecular weight excluding hydrogens is 917 g/mol. The van der Waals surface area contributed by atoms with E-state index in [1.807, 2.05) is 0 Å². The highest BCUT2D eigenvalue weighted by molar-refractivity contribution is 5.85. The summed E-state index contributed by atoms with van der Waals surface area (Å²) in [7, 11) is 0. The number of hydrogen-bond donors (Lipinski definition) is 0. The van der Waals surface area contributed by atoms with Gasteiger partial charge in [0.2, 0.25) is 0 Å². The maximum atomic E-state index is 2.38. The number of nitrogens with zero attached hydrogens (tertiary/aromatic N) is 2. The van der Waals surface area contributed by atoms with Gasteiger partial charge in [-0.15, -0.1) is 0 Å². The lowest BCUT2D eigenvalue weighted by molar-refractivity contribution is 0.922. The largest absolute Gasteiger partial charge is 0.311 e. The maximum Gasteiger partial charge on any atom is 0.0464 e. The molecule has 2 heteroatoms. The van der Waals surface area contributed by atoms with Gasteiger partial charge in [0.15, 0.2) is 0 Å². The van der Waals surface area contributed by atoms with Gasteiger partial charge in [0.05, 0.1) is 0 Å². The summed E-state index contributed by atoms with van der Waals surface area (Å²) in [5.41, 5.74) is 26.3. The molecular formula is C74H64N2. The summed E-state index contributed by atoms with van der Waals surface area (Å²) in [6.07, 6.45) is 4.50. The minimum absolute atomic E-state index is 1.09. The van der Waals surface area contributed by atoms with E-state index in [0.29, 0.717) is 0 Å². The summed E-state index contributed by atoms with van der Waals surface area (Å²) < 4.78 is 0. The predicted molar refractivity (Wildman–Crippen MR) is 326 cm³/mol. The van der Waals surface area contributed by atoms with E-state index in [0.717, 1.165) is 59.8 Å². The molecule has 0 spiro atoms. The summed E-state index contributed by atoms with van der Waals surface area (Å²) >= 11 is 0. The Hall–Kier alpha value is -8.98. The molecule has 370 valence electrons. The van der Waals surface area contributed by atoms with Crippen LogP contribution in [0, 0.1) is 13.8 Å². The van der Waals surface area contributed by atoms with Crippen molar-refractivity contribution in [2.75, 3.05) is 9.80 Å². The third-order valence-electron chi connectivity index (χ3n) is 14.8. The van der Waals surface area contributed by atoms with Crippen molar-refractivity contribution in [1.82, 2.24) is 0 Å². The van der Waals surface area contributed by atoms with Crippen molar-refractivity contribution in [1.29, 1.82) is 0 Å². The molecule has 0 atom stereocenters. The van der Waals surface area contributed by atoms with Crippen LogP contribution in [0.15, 0.2) is 267 Å². The zero-order valence-electron chi connectivity index (χ0n) is 44.1. The summed E-state index contributed by atoms with van der Waals surface area (Å²) in [5.74, 6) is 0. The van der Waals surface area contributed by atoms with Crippen LogP contribution in [0.5, 0.6) is 0 Å². The van der Waals surface area contributed by atoms with Crippen molar-refractivity contribution < 1.29 is 0 Å². The van der Waals surface area contributed by atoms with Crippen LogP contribution in [-0.4, -0.2) is 0 Å². The molecule has 0 heterocycles. The van der Waals surface area contributed by atoms with Crippen molar-refractivity contribution in [3.8, 4) is 66.8 Å². The molecule has 0 unspecified atom stereocenters. The van der Waals surface area contributed by atoms with Crippen LogP contribution in [-0.2, 0) is 12.8 Å². The molecule has 76 heavy (non-hydrogen) atoms. The SMILES string of the molecule is CCCc1ccc(-c2ccc(N(c3ccc(-c4ccc(CCC)cc4)cc3)c3ccc(-c4ccc(N(c5ccc(-c6ccccc6)cc5)c5ccc(-c6ccc(-c7ccc(C)cc7)cc6)cc5)cc4)c(C)c3)cc2)cc1. The van der Waals surface area contributed by atoms with Gasteiger partial charge in [-0.25, -0.2) is 0 Å². The minimum atomic E-state index is 1.09. The van der Waals surface area contributed by atoms with E-state index in [9.17, 15) is 0 Å². The first kappa shape index (κ1) is 49.2. The van der Waals surface area contributed by atoms with Crippen LogP contribution in [0.4, 0.5) is 34.1 Å². The van der Waals surface area contributed by atoms with Crippen LogP contribution in [0.25, 0.3) is 66.8 Å². The molecule has 0 bridgehead atoms. The molecule has 11 aromatic carbocycles. The minimum Gasteiger partial charge on any atom is -0.311 e. The summed E-state index contributed by atoms with van der Waals surface area (Å²) in [5, 5.41) is 0. The second-order valence-corrected chi connectivity index (χ2v) is 20.1. The van der Waals surface area contributed by atoms with Gasteiger partial charge in [-0.3, -0.25) is 0 Å². The van der Waals surface area contributed by atoms with E-state index in [2.05, 4.69) is 304 Å². The lowest BCUT2D eigenvalue weighted by Gasteiger charge is -2.27. The predicted octanol–water partition coefficient (Wildman–Crippen LogP) is 21.2. The van der Waals surface area contributed by atoms with Gasteiger partial charge in [-0.1, -0.05) is 226 Å². The molecule has 0 aliphatic rings. The lowest BCUT2D eigenvalue weighted by atomic mass is 9.98. The molecule has 0 N–H and O–H groups in total. The van der Waals surface area contributed by atoms with Crippen molar-refractivity contribution in [2.45, 2.75) is 53.4 Å². The molecule has 2 nitrogen and oxygen atoms in total. The number of benzene rings is 11. The topological polar surface area (TPSA) is 6.48 Å². The Kier molecular flexibility index (Phi) is 14.7. The van der Waals surface area contributed by atoms with Gasteiger partial charge in [-0.05, 0) is 183 Å². The van der Waals surface area contributed by atoms with E-state index in [4.69, 9.17) is 0 Å². The lowest BCUT2D eigenvalue weighted by Crippen LogP contribution is -2.10. The number of anilines is 6. The molecule has 0 amide bonds. The fourth-order valence-corrected chi connectivity index (χ4v) is 10.5. The van der Waals surface area contributed by atoms with Crippen LogP contribution >= 0.6 is 0 Å². The number of aryl methyl sites for hydroxylation is 4. The second-order valence-electron chi connectivity index (χ2n) is 20.1. The zero-order valence-corrected chi connectivity index (χ0v) is 44.1. The average Bonchev–Trinajstić information content (AvgIpc) is 3.49. The Balaban J connectivity index is 0.897. The van der Waals surface area contributed by atoms with Crippen molar-refractivity contribution in [2.24, 2.45) is 0 Å². The van der Waals surface area contributed by atoms with Gasteiger partial charge in [0, 0.05) is 34.1 Å². The second kappa shape index (κ2) is 22.6. The van der Waals surface area contributed by atoms with E-state index < -0.39 is 0 Å². The van der Waals surface area contributed by atoms with Gasteiger partial charge < -0.3 is 9.80 Å². The molecule has 0 aromatic heterocycles. The Morgan fingerprint density at radius 1 is 0.250 bits per heavy atom. The van der Waals surface area contributed by atoms with Crippen LogP contribution < -0.4 is 9.80 Å². The quantitative estimate of drug-likeness (QED) is 0.0952. The number of rotatable bonds is 16. The van der Waals surface area contributed by atoms with E-state index >= 15 is 0 Å². The maximum absolute atomic E-state index is 2.38. The average molecular weight is 981 g/mol. The third kappa shape index (κ3) is 10.9. The van der Waals surface area contributed by atoms with Gasteiger partial charge >= 0.3 is 0 Å². The number of hydrogen-bond acceptors (Lipinski definition) is 2. The molecule has 0 aliphatic carbocycles. The Morgan fingerprint density at radius 3 is 0.842 bits per heavy atom. The van der Waals surface area contributed by atoms with Crippen LogP contribution in [0.1, 0.15) is 48.9 Å². The Bertz CT molecular complexity index is 3540. The first-order chi connectivity index (χ1) is 37.4. The van der Waals surface area contributed by atoms with Gasteiger partial charge in [-0.2, -0.15) is 0 Å². The monoisotopic (exact) mass is 981 g/mol. The first-order valence-corrected chi connectivity index (χ1v) is 27.0. The molecule has 11 aromatic rings. The zero-order chi connectivity index (χ0) is 51.8. The summed E-state index contributed by atoms with van der Waals surface area (Å²) in [4.78, 5) is 4.74. The molecule has 11 rings (SSSR count). The van der Waals surface area contributed by atoms with E-state index in [-0.39, 0.29) is 0 Å². The highest BCUT2D eigenvalue weighted by atomic mass is 15.1. The molecule has 0 saturated carbocycles. The summed E-state index contributed by atoms with van der Waals surface area (Å²) in [6.45, 7) is 8.83. The van der Waals surface area contributed by atoms with Gasteiger partial charge in [0.1, 0.15) is 0 Å². The standard InChI is InChI=1S/C74H64N2/c1-5-10-55-16-22-59(23-17-55)64-34-44-71(45-35-64)76(72-46-36-65(37-47-72)60-24-18-56(11-6-2)19-25-60)73-50-51-74(54(4)52-73)67-38-48-70(49-39-67)75(68-40-30-63(31-41-68)57-12-8-7-9-13-57)69-42-32-66(33-43-69)62-28-26-61(27-29-62)58-20-14-53(3)15-21-58/h7-9,12-52H,5-6,10-11H2,1-4H3. The normalized spacial score (nSPS) is 11.1. The molecule has 0 fully saturated rings. The third-order valence-corrected chi connectivity index (χ3v) is 14.8. The Morgan fingerprint density at radius 2 is 0.513 bits per heavy atom. The van der Waals surface area contributed by atoms with E-state index in [1.54, 1.807) is 0 Å². The molecule has 0 saturated heterocycles. The molecule has 0 radical (unpaired) electrons. The van der Waals surface area contributed by atoms with Crippen molar-refractivity contribution in [3.05, 3.63) is 289 Å². The van der Waals surface area contributed by atoms with Gasteiger partial charge in [0.25, 0.3) is 0 Å². The fraction of sp³-hybridized carbons (Fsp3) is 0.108. The smallest absolute Gasteiger partial charge is 0.0464 e. The molecule has 0 aliphatic heterocycles. The van der Waals surface area contributed by atoms with E-state index in [1.165, 1.54) is 89.0 Å².